The Morgan fingerprint density at radius 3 is 2.89 bits per heavy atom. The molecule has 0 saturated heterocycles. The van der Waals surface area contributed by atoms with E-state index in [1.165, 1.54) is 6.42 Å². The molecule has 0 bridgehead atoms. The predicted molar refractivity (Wildman–Crippen MR) is 72.4 cm³/mol. The van der Waals surface area contributed by atoms with Crippen LogP contribution < -0.4 is 5.32 Å². The van der Waals surface area contributed by atoms with E-state index in [9.17, 15) is 0 Å². The van der Waals surface area contributed by atoms with Crippen molar-refractivity contribution in [1.29, 1.82) is 0 Å². The SMILES string of the molecule is CCNC(Cc1nc2ccccc2o1)C1CC1C. The second-order valence-electron chi connectivity index (χ2n) is 5.32. The molecule has 1 N–H and O–H groups in total. The van der Waals surface area contributed by atoms with Gasteiger partial charge in [0.25, 0.3) is 0 Å². The average Bonchev–Trinajstić information content (AvgIpc) is 2.95. The first kappa shape index (κ1) is 11.7. The molecule has 0 radical (unpaired) electrons. The Hall–Kier alpha value is -1.35. The van der Waals surface area contributed by atoms with Gasteiger partial charge < -0.3 is 9.73 Å². The topological polar surface area (TPSA) is 38.1 Å². The zero-order valence-corrected chi connectivity index (χ0v) is 11.0. The number of aromatic nitrogens is 1. The first-order valence-corrected chi connectivity index (χ1v) is 6.85. The Kier molecular flexibility index (Phi) is 3.08. The molecule has 1 aromatic carbocycles. The fourth-order valence-electron chi connectivity index (χ4n) is 2.74. The fourth-order valence-corrected chi connectivity index (χ4v) is 2.74. The summed E-state index contributed by atoms with van der Waals surface area (Å²) in [5, 5.41) is 3.57. The average molecular weight is 244 g/mol. The van der Waals surface area contributed by atoms with Crippen LogP contribution >= 0.6 is 0 Å². The van der Waals surface area contributed by atoms with Crippen molar-refractivity contribution < 1.29 is 4.42 Å². The van der Waals surface area contributed by atoms with Crippen molar-refractivity contribution in [3.05, 3.63) is 30.2 Å². The maximum atomic E-state index is 5.81. The van der Waals surface area contributed by atoms with Gasteiger partial charge >= 0.3 is 0 Å². The number of nitrogens with one attached hydrogen (secondary N) is 1. The molecule has 1 saturated carbocycles. The van der Waals surface area contributed by atoms with Crippen LogP contribution in [0.4, 0.5) is 0 Å². The lowest BCUT2D eigenvalue weighted by Gasteiger charge is -2.15. The summed E-state index contributed by atoms with van der Waals surface area (Å²) in [6.07, 6.45) is 2.23. The number of nitrogens with zero attached hydrogens (tertiary/aromatic N) is 1. The zero-order chi connectivity index (χ0) is 12.5. The van der Waals surface area contributed by atoms with Crippen LogP contribution in [0.2, 0.25) is 0 Å². The van der Waals surface area contributed by atoms with E-state index < -0.39 is 0 Å². The largest absolute Gasteiger partial charge is 0.441 e. The van der Waals surface area contributed by atoms with E-state index in [-0.39, 0.29) is 0 Å². The van der Waals surface area contributed by atoms with E-state index in [2.05, 4.69) is 24.1 Å². The Labute approximate surface area is 108 Å². The van der Waals surface area contributed by atoms with Gasteiger partial charge in [-0.05, 0) is 36.9 Å². The minimum absolute atomic E-state index is 0.512. The van der Waals surface area contributed by atoms with Crippen LogP contribution in [-0.4, -0.2) is 17.6 Å². The van der Waals surface area contributed by atoms with Crippen LogP contribution in [0.1, 0.15) is 26.2 Å². The van der Waals surface area contributed by atoms with Gasteiger partial charge in [0.1, 0.15) is 5.52 Å². The highest BCUT2D eigenvalue weighted by Gasteiger charge is 2.39. The van der Waals surface area contributed by atoms with Crippen molar-refractivity contribution in [2.45, 2.75) is 32.7 Å². The lowest BCUT2D eigenvalue weighted by Crippen LogP contribution is -2.33. The first-order chi connectivity index (χ1) is 8.78. The summed E-state index contributed by atoms with van der Waals surface area (Å²) in [5.41, 5.74) is 1.86. The van der Waals surface area contributed by atoms with Crippen molar-refractivity contribution >= 4 is 11.1 Å². The number of fused-ring (bicyclic) bond motifs is 1. The van der Waals surface area contributed by atoms with Gasteiger partial charge in [0, 0.05) is 12.5 Å². The monoisotopic (exact) mass is 244 g/mol. The minimum atomic E-state index is 0.512. The van der Waals surface area contributed by atoms with Crippen LogP contribution in [0.3, 0.4) is 0 Å². The van der Waals surface area contributed by atoms with Crippen molar-refractivity contribution in [2.75, 3.05) is 6.54 Å². The highest BCUT2D eigenvalue weighted by molar-refractivity contribution is 5.72. The molecule has 0 aliphatic heterocycles. The molecular formula is C15H20N2O. The first-order valence-electron chi connectivity index (χ1n) is 6.85. The second-order valence-corrected chi connectivity index (χ2v) is 5.32. The molecule has 18 heavy (non-hydrogen) atoms. The van der Waals surface area contributed by atoms with Gasteiger partial charge in [0.05, 0.1) is 0 Å². The van der Waals surface area contributed by atoms with Crippen molar-refractivity contribution in [3.8, 4) is 0 Å². The number of hydrogen-bond donors (Lipinski definition) is 1. The summed E-state index contributed by atoms with van der Waals surface area (Å²) in [5.74, 6) is 2.50. The van der Waals surface area contributed by atoms with Crippen LogP contribution in [0, 0.1) is 11.8 Å². The molecular weight excluding hydrogens is 224 g/mol. The molecule has 0 amide bonds. The number of oxazole rings is 1. The number of hydrogen-bond acceptors (Lipinski definition) is 3. The minimum Gasteiger partial charge on any atom is -0.441 e. The summed E-state index contributed by atoms with van der Waals surface area (Å²) >= 11 is 0. The lowest BCUT2D eigenvalue weighted by molar-refractivity contribution is 0.408. The van der Waals surface area contributed by atoms with Crippen molar-refractivity contribution in [1.82, 2.24) is 10.3 Å². The van der Waals surface area contributed by atoms with Crippen molar-refractivity contribution in [2.24, 2.45) is 11.8 Å². The molecule has 3 nitrogen and oxygen atoms in total. The van der Waals surface area contributed by atoms with E-state index in [1.807, 2.05) is 24.3 Å². The van der Waals surface area contributed by atoms with Gasteiger partial charge in [-0.1, -0.05) is 26.0 Å². The molecule has 0 spiro atoms. The maximum Gasteiger partial charge on any atom is 0.197 e. The Morgan fingerprint density at radius 1 is 1.44 bits per heavy atom. The highest BCUT2D eigenvalue weighted by atomic mass is 16.3. The standard InChI is InChI=1S/C15H20N2O/c1-3-16-13(11-8-10(11)2)9-15-17-12-6-4-5-7-14(12)18-15/h4-7,10-11,13,16H,3,8-9H2,1-2H3. The third-order valence-corrected chi connectivity index (χ3v) is 3.89. The van der Waals surface area contributed by atoms with Crippen LogP contribution in [0.15, 0.2) is 28.7 Å². The van der Waals surface area contributed by atoms with E-state index in [4.69, 9.17) is 4.42 Å². The molecule has 3 rings (SSSR count). The lowest BCUT2D eigenvalue weighted by atomic mass is 10.1. The Morgan fingerprint density at radius 2 is 2.22 bits per heavy atom. The molecule has 3 unspecified atom stereocenters. The molecule has 2 aromatic rings. The second kappa shape index (κ2) is 4.73. The van der Waals surface area contributed by atoms with Gasteiger partial charge in [0.2, 0.25) is 0 Å². The number of rotatable bonds is 5. The molecule has 96 valence electrons. The third kappa shape index (κ3) is 2.27. The summed E-state index contributed by atoms with van der Waals surface area (Å²) in [6.45, 7) is 5.49. The molecule has 1 aromatic heterocycles. The van der Waals surface area contributed by atoms with Gasteiger partial charge in [-0.15, -0.1) is 0 Å². The van der Waals surface area contributed by atoms with E-state index >= 15 is 0 Å². The molecule has 1 aliphatic rings. The molecule has 1 fully saturated rings. The summed E-state index contributed by atoms with van der Waals surface area (Å²) in [6, 6.07) is 8.48. The summed E-state index contributed by atoms with van der Waals surface area (Å²) < 4.78 is 5.81. The fraction of sp³-hybridized carbons (Fsp3) is 0.533. The van der Waals surface area contributed by atoms with Crippen molar-refractivity contribution in [3.63, 3.8) is 0 Å². The smallest absolute Gasteiger partial charge is 0.197 e. The number of likely N-dealkylation sites (N-methyl/N-ethyl adjacent to an activating group) is 1. The number of benzene rings is 1. The van der Waals surface area contributed by atoms with Crippen LogP contribution in [0.25, 0.3) is 11.1 Å². The normalized spacial score (nSPS) is 24.3. The highest BCUT2D eigenvalue weighted by Crippen LogP contribution is 2.41. The van der Waals surface area contributed by atoms with E-state index in [0.717, 1.165) is 41.8 Å². The van der Waals surface area contributed by atoms with Gasteiger partial charge in [0.15, 0.2) is 11.5 Å². The van der Waals surface area contributed by atoms with Gasteiger partial charge in [-0.25, -0.2) is 4.98 Å². The van der Waals surface area contributed by atoms with Gasteiger partial charge in [-0.2, -0.15) is 0 Å². The number of para-hydroxylation sites is 2. The zero-order valence-electron chi connectivity index (χ0n) is 11.0. The van der Waals surface area contributed by atoms with Gasteiger partial charge in [-0.3, -0.25) is 0 Å². The third-order valence-electron chi connectivity index (χ3n) is 3.89. The molecule has 1 heterocycles. The molecule has 3 atom stereocenters. The van der Waals surface area contributed by atoms with Crippen LogP contribution in [0.5, 0.6) is 0 Å². The maximum absolute atomic E-state index is 5.81. The summed E-state index contributed by atoms with van der Waals surface area (Å²) in [7, 11) is 0. The van der Waals surface area contributed by atoms with Crippen LogP contribution in [-0.2, 0) is 6.42 Å². The molecule has 3 heteroatoms. The molecule has 1 aliphatic carbocycles. The quantitative estimate of drug-likeness (QED) is 0.878. The van der Waals surface area contributed by atoms with E-state index in [0.29, 0.717) is 6.04 Å². The summed E-state index contributed by atoms with van der Waals surface area (Å²) in [4.78, 5) is 4.56. The predicted octanol–water partition coefficient (Wildman–Crippen LogP) is 3.00. The Balaban J connectivity index is 1.77. The van der Waals surface area contributed by atoms with E-state index in [1.54, 1.807) is 0 Å². The Bertz CT molecular complexity index is 501.